The molecular weight excluding hydrogens is 324 g/mol. The van der Waals surface area contributed by atoms with E-state index in [0.717, 1.165) is 4.88 Å². The van der Waals surface area contributed by atoms with Crippen LogP contribution in [0.15, 0.2) is 41.8 Å². The maximum atomic E-state index is 12.8. The van der Waals surface area contributed by atoms with Gasteiger partial charge in [0.2, 0.25) is 5.91 Å². The number of ether oxygens (including phenoxy) is 1. The number of carbonyl (C=O) groups is 2. The van der Waals surface area contributed by atoms with Gasteiger partial charge >= 0.3 is 0 Å². The van der Waals surface area contributed by atoms with Crippen LogP contribution in [0, 0.1) is 0 Å². The fourth-order valence-electron chi connectivity index (χ4n) is 2.71. The van der Waals surface area contributed by atoms with Crippen molar-refractivity contribution in [1.82, 2.24) is 9.80 Å². The number of thiophene rings is 1. The molecule has 2 amide bonds. The quantitative estimate of drug-likeness (QED) is 0.857. The predicted molar refractivity (Wildman–Crippen MR) is 93.3 cm³/mol. The normalized spacial score (nSPS) is 14.5. The standard InChI is InChI=1S/C18H20N2O3S/c1-14(21)19-8-10-20(11-9-19)18(22)16-6-2-3-7-17(16)23-13-15-5-4-12-24-15/h2-7,12H,8-11,13H2,1H3. The Bertz CT molecular complexity index is 707. The molecule has 24 heavy (non-hydrogen) atoms. The Balaban J connectivity index is 1.67. The van der Waals surface area contributed by atoms with Crippen LogP contribution in [0.1, 0.15) is 22.2 Å². The minimum absolute atomic E-state index is 0.0417. The van der Waals surface area contributed by atoms with E-state index in [1.54, 1.807) is 34.1 Å². The van der Waals surface area contributed by atoms with Gasteiger partial charge < -0.3 is 14.5 Å². The summed E-state index contributed by atoms with van der Waals surface area (Å²) >= 11 is 1.63. The maximum absolute atomic E-state index is 12.8. The number of para-hydroxylation sites is 1. The number of amides is 2. The summed E-state index contributed by atoms with van der Waals surface area (Å²) in [5.74, 6) is 0.617. The zero-order valence-electron chi connectivity index (χ0n) is 13.6. The Kier molecular flexibility index (Phi) is 5.15. The van der Waals surface area contributed by atoms with E-state index in [2.05, 4.69) is 0 Å². The van der Waals surface area contributed by atoms with Gasteiger partial charge in [-0.2, -0.15) is 0 Å². The molecule has 1 saturated heterocycles. The van der Waals surface area contributed by atoms with Crippen LogP contribution in [0.5, 0.6) is 5.75 Å². The molecule has 2 heterocycles. The molecule has 0 unspecified atom stereocenters. The van der Waals surface area contributed by atoms with Crippen molar-refractivity contribution in [3.05, 3.63) is 52.2 Å². The zero-order chi connectivity index (χ0) is 16.9. The number of rotatable bonds is 4. The Hall–Kier alpha value is -2.34. The second-order valence-electron chi connectivity index (χ2n) is 5.66. The lowest BCUT2D eigenvalue weighted by Crippen LogP contribution is -2.50. The lowest BCUT2D eigenvalue weighted by atomic mass is 10.1. The molecule has 0 N–H and O–H groups in total. The number of benzene rings is 1. The number of hydrogen-bond acceptors (Lipinski definition) is 4. The van der Waals surface area contributed by atoms with Crippen molar-refractivity contribution in [2.24, 2.45) is 0 Å². The molecule has 0 saturated carbocycles. The summed E-state index contributed by atoms with van der Waals surface area (Å²) in [4.78, 5) is 28.9. The molecule has 1 aliphatic heterocycles. The molecular formula is C18H20N2O3S. The molecule has 1 fully saturated rings. The van der Waals surface area contributed by atoms with E-state index in [-0.39, 0.29) is 11.8 Å². The Labute approximate surface area is 145 Å². The highest BCUT2D eigenvalue weighted by Crippen LogP contribution is 2.22. The first-order valence-corrected chi connectivity index (χ1v) is 8.82. The number of nitrogens with zero attached hydrogens (tertiary/aromatic N) is 2. The predicted octanol–water partition coefficient (Wildman–Crippen LogP) is 2.63. The van der Waals surface area contributed by atoms with E-state index in [4.69, 9.17) is 4.74 Å². The van der Waals surface area contributed by atoms with Crippen molar-refractivity contribution in [1.29, 1.82) is 0 Å². The molecule has 3 rings (SSSR count). The van der Waals surface area contributed by atoms with Gasteiger partial charge in [-0.25, -0.2) is 0 Å². The Morgan fingerprint density at radius 3 is 2.42 bits per heavy atom. The van der Waals surface area contributed by atoms with Gasteiger partial charge in [0.1, 0.15) is 12.4 Å². The van der Waals surface area contributed by atoms with Gasteiger partial charge in [0, 0.05) is 38.0 Å². The molecule has 6 heteroatoms. The molecule has 0 atom stereocenters. The van der Waals surface area contributed by atoms with Gasteiger partial charge in [0.15, 0.2) is 0 Å². The van der Waals surface area contributed by atoms with Crippen LogP contribution < -0.4 is 4.74 Å². The van der Waals surface area contributed by atoms with Crippen molar-refractivity contribution < 1.29 is 14.3 Å². The molecule has 126 valence electrons. The van der Waals surface area contributed by atoms with Gasteiger partial charge in [0.05, 0.1) is 5.56 Å². The van der Waals surface area contributed by atoms with Crippen molar-refractivity contribution in [2.75, 3.05) is 26.2 Å². The molecule has 5 nitrogen and oxygen atoms in total. The van der Waals surface area contributed by atoms with E-state index in [9.17, 15) is 9.59 Å². The molecule has 0 spiro atoms. The van der Waals surface area contributed by atoms with Crippen LogP contribution in [-0.2, 0) is 11.4 Å². The van der Waals surface area contributed by atoms with E-state index >= 15 is 0 Å². The van der Waals surface area contributed by atoms with Crippen LogP contribution in [0.2, 0.25) is 0 Å². The Morgan fingerprint density at radius 1 is 1.04 bits per heavy atom. The highest BCUT2D eigenvalue weighted by atomic mass is 32.1. The minimum atomic E-state index is -0.0417. The van der Waals surface area contributed by atoms with Crippen molar-refractivity contribution in [2.45, 2.75) is 13.5 Å². The SMILES string of the molecule is CC(=O)N1CCN(C(=O)c2ccccc2OCc2cccs2)CC1. The van der Waals surface area contributed by atoms with Crippen LogP contribution >= 0.6 is 11.3 Å². The number of piperazine rings is 1. The van der Waals surface area contributed by atoms with Gasteiger partial charge in [-0.3, -0.25) is 9.59 Å². The second kappa shape index (κ2) is 7.49. The zero-order valence-corrected chi connectivity index (χ0v) is 14.4. The summed E-state index contributed by atoms with van der Waals surface area (Å²) < 4.78 is 5.85. The van der Waals surface area contributed by atoms with Crippen molar-refractivity contribution >= 4 is 23.2 Å². The smallest absolute Gasteiger partial charge is 0.257 e. The molecule has 1 aliphatic rings. The average molecular weight is 344 g/mol. The monoisotopic (exact) mass is 344 g/mol. The van der Waals surface area contributed by atoms with E-state index in [1.807, 2.05) is 35.7 Å². The van der Waals surface area contributed by atoms with Gasteiger partial charge in [-0.1, -0.05) is 18.2 Å². The third-order valence-electron chi connectivity index (χ3n) is 4.08. The fraction of sp³-hybridized carbons (Fsp3) is 0.333. The first kappa shape index (κ1) is 16.5. The summed E-state index contributed by atoms with van der Waals surface area (Å²) in [6.45, 7) is 4.29. The summed E-state index contributed by atoms with van der Waals surface area (Å²) in [5, 5.41) is 2.00. The summed E-state index contributed by atoms with van der Waals surface area (Å²) in [6.07, 6.45) is 0. The van der Waals surface area contributed by atoms with Crippen LogP contribution in [0.4, 0.5) is 0 Å². The lowest BCUT2D eigenvalue weighted by molar-refractivity contribution is -0.130. The third kappa shape index (κ3) is 3.76. The van der Waals surface area contributed by atoms with Gasteiger partial charge in [-0.05, 0) is 23.6 Å². The first-order valence-electron chi connectivity index (χ1n) is 7.94. The van der Waals surface area contributed by atoms with Crippen molar-refractivity contribution in [3.8, 4) is 5.75 Å². The summed E-state index contributed by atoms with van der Waals surface area (Å²) in [6, 6.07) is 11.3. The fourth-order valence-corrected chi connectivity index (χ4v) is 3.32. The molecule has 1 aromatic carbocycles. The molecule has 1 aromatic heterocycles. The highest BCUT2D eigenvalue weighted by molar-refractivity contribution is 7.09. The topological polar surface area (TPSA) is 49.9 Å². The van der Waals surface area contributed by atoms with E-state index in [1.165, 1.54) is 0 Å². The summed E-state index contributed by atoms with van der Waals surface area (Å²) in [5.41, 5.74) is 0.574. The average Bonchev–Trinajstić information content (AvgIpc) is 3.13. The summed E-state index contributed by atoms with van der Waals surface area (Å²) in [7, 11) is 0. The number of carbonyl (C=O) groups excluding carboxylic acids is 2. The molecule has 0 bridgehead atoms. The van der Waals surface area contributed by atoms with Gasteiger partial charge in [-0.15, -0.1) is 11.3 Å². The van der Waals surface area contributed by atoms with Crippen molar-refractivity contribution in [3.63, 3.8) is 0 Å². The Morgan fingerprint density at radius 2 is 1.75 bits per heavy atom. The van der Waals surface area contributed by atoms with Crippen LogP contribution in [0.25, 0.3) is 0 Å². The van der Waals surface area contributed by atoms with Crippen LogP contribution in [-0.4, -0.2) is 47.8 Å². The second-order valence-corrected chi connectivity index (χ2v) is 6.69. The first-order chi connectivity index (χ1) is 11.6. The lowest BCUT2D eigenvalue weighted by Gasteiger charge is -2.34. The largest absolute Gasteiger partial charge is 0.487 e. The van der Waals surface area contributed by atoms with E-state index in [0.29, 0.717) is 44.1 Å². The van der Waals surface area contributed by atoms with Gasteiger partial charge in [0.25, 0.3) is 5.91 Å². The maximum Gasteiger partial charge on any atom is 0.257 e. The van der Waals surface area contributed by atoms with E-state index < -0.39 is 0 Å². The minimum Gasteiger partial charge on any atom is -0.487 e. The number of hydrogen-bond donors (Lipinski definition) is 0. The molecule has 0 radical (unpaired) electrons. The third-order valence-corrected chi connectivity index (χ3v) is 4.93. The van der Waals surface area contributed by atoms with Crippen LogP contribution in [0.3, 0.4) is 0 Å². The molecule has 0 aliphatic carbocycles. The highest BCUT2D eigenvalue weighted by Gasteiger charge is 2.25. The molecule has 2 aromatic rings.